The lowest BCUT2D eigenvalue weighted by Crippen LogP contribution is -2.51. The number of nitrogens with two attached hydrogens (primary N) is 1. The minimum absolute atomic E-state index is 0.110. The highest BCUT2D eigenvalue weighted by molar-refractivity contribution is 5.79. The molecule has 0 bridgehead atoms. The molecule has 0 spiro atoms. The third-order valence-electron chi connectivity index (χ3n) is 4.83. The van der Waals surface area contributed by atoms with E-state index in [-0.39, 0.29) is 12.0 Å². The molecule has 1 saturated heterocycles. The fourth-order valence-electron chi connectivity index (χ4n) is 3.47. The Kier molecular flexibility index (Phi) is 5.22. The molecular weight excluding hydrogens is 240 g/mol. The van der Waals surface area contributed by atoms with Gasteiger partial charge in [0, 0.05) is 18.5 Å². The van der Waals surface area contributed by atoms with Gasteiger partial charge in [0.1, 0.15) is 0 Å². The Bertz CT molecular complexity index is 309. The van der Waals surface area contributed by atoms with E-state index < -0.39 is 0 Å². The monoisotopic (exact) mass is 268 g/mol. The first-order valence-corrected chi connectivity index (χ1v) is 7.77. The highest BCUT2D eigenvalue weighted by Crippen LogP contribution is 2.31. The molecule has 4 atom stereocenters. The van der Waals surface area contributed by atoms with Crippen LogP contribution in [0.3, 0.4) is 0 Å². The van der Waals surface area contributed by atoms with E-state index in [9.17, 15) is 4.79 Å². The Morgan fingerprint density at radius 1 is 1.47 bits per heavy atom. The third kappa shape index (κ3) is 3.48. The molecule has 1 saturated carbocycles. The molecule has 110 valence electrons. The molecule has 1 aliphatic carbocycles. The molecule has 4 nitrogen and oxygen atoms in total. The van der Waals surface area contributed by atoms with Crippen LogP contribution in [0.1, 0.15) is 46.0 Å². The van der Waals surface area contributed by atoms with Crippen molar-refractivity contribution in [2.75, 3.05) is 19.8 Å². The summed E-state index contributed by atoms with van der Waals surface area (Å²) in [6.07, 6.45) is 5.43. The van der Waals surface area contributed by atoms with Gasteiger partial charge in [0.15, 0.2) is 0 Å². The first-order valence-electron chi connectivity index (χ1n) is 7.77. The Morgan fingerprint density at radius 3 is 2.95 bits per heavy atom. The summed E-state index contributed by atoms with van der Waals surface area (Å²) >= 11 is 0. The summed E-state index contributed by atoms with van der Waals surface area (Å²) in [5.41, 5.74) is 6.05. The van der Waals surface area contributed by atoms with Gasteiger partial charge in [-0.2, -0.15) is 0 Å². The second-order valence-corrected chi connectivity index (χ2v) is 6.14. The van der Waals surface area contributed by atoms with Gasteiger partial charge < -0.3 is 15.4 Å². The van der Waals surface area contributed by atoms with Crippen molar-refractivity contribution in [3.05, 3.63) is 0 Å². The summed E-state index contributed by atoms with van der Waals surface area (Å²) in [6, 6.07) is 0.557. The predicted molar refractivity (Wildman–Crippen MR) is 75.7 cm³/mol. The number of rotatable bonds is 3. The van der Waals surface area contributed by atoms with Gasteiger partial charge in [-0.1, -0.05) is 20.3 Å². The maximum absolute atomic E-state index is 12.7. The summed E-state index contributed by atoms with van der Waals surface area (Å²) in [5, 5.41) is 0. The molecule has 2 aliphatic rings. The van der Waals surface area contributed by atoms with Crippen LogP contribution in [0.5, 0.6) is 0 Å². The Hall–Kier alpha value is -0.610. The quantitative estimate of drug-likeness (QED) is 0.849. The Morgan fingerprint density at radius 2 is 2.26 bits per heavy atom. The van der Waals surface area contributed by atoms with Crippen molar-refractivity contribution < 1.29 is 9.53 Å². The molecule has 2 fully saturated rings. The number of carbonyl (C=O) groups is 1. The highest BCUT2D eigenvalue weighted by atomic mass is 16.5. The minimum atomic E-state index is 0.110. The van der Waals surface area contributed by atoms with Gasteiger partial charge in [-0.25, -0.2) is 0 Å². The van der Waals surface area contributed by atoms with E-state index in [1.54, 1.807) is 0 Å². The number of carbonyl (C=O) groups excluding carboxylic acids is 1. The van der Waals surface area contributed by atoms with Crippen LogP contribution in [0.2, 0.25) is 0 Å². The van der Waals surface area contributed by atoms with Crippen LogP contribution in [-0.2, 0) is 9.53 Å². The average molecular weight is 268 g/mol. The van der Waals surface area contributed by atoms with Gasteiger partial charge in [-0.3, -0.25) is 4.79 Å². The lowest BCUT2D eigenvalue weighted by molar-refractivity contribution is -0.146. The molecule has 0 aromatic carbocycles. The van der Waals surface area contributed by atoms with Crippen molar-refractivity contribution in [3.8, 4) is 0 Å². The Labute approximate surface area is 116 Å². The summed E-state index contributed by atoms with van der Waals surface area (Å²) < 4.78 is 5.48. The van der Waals surface area contributed by atoms with Crippen molar-refractivity contribution in [3.63, 3.8) is 0 Å². The van der Waals surface area contributed by atoms with Gasteiger partial charge in [0.05, 0.1) is 19.3 Å². The number of amides is 1. The molecule has 1 amide bonds. The predicted octanol–water partition coefficient (Wildman–Crippen LogP) is 1.78. The maximum atomic E-state index is 12.7. The van der Waals surface area contributed by atoms with Crippen molar-refractivity contribution >= 4 is 5.91 Å². The van der Waals surface area contributed by atoms with Gasteiger partial charge >= 0.3 is 0 Å². The van der Waals surface area contributed by atoms with E-state index in [1.165, 1.54) is 6.42 Å². The number of ether oxygens (including phenoxy) is 1. The molecule has 4 heteroatoms. The SMILES string of the molecule is CCC1COCCN1C(=O)C(C)C1CCCC(N)C1. The third-order valence-corrected chi connectivity index (χ3v) is 4.83. The lowest BCUT2D eigenvalue weighted by atomic mass is 9.78. The van der Waals surface area contributed by atoms with Crippen molar-refractivity contribution in [1.29, 1.82) is 0 Å². The van der Waals surface area contributed by atoms with Crippen molar-refractivity contribution in [2.45, 2.75) is 58.0 Å². The zero-order valence-corrected chi connectivity index (χ0v) is 12.3. The molecule has 0 aromatic heterocycles. The van der Waals surface area contributed by atoms with Crippen LogP contribution in [0.15, 0.2) is 0 Å². The van der Waals surface area contributed by atoms with Crippen LogP contribution in [0, 0.1) is 11.8 Å². The number of nitrogens with zero attached hydrogens (tertiary/aromatic N) is 1. The van der Waals surface area contributed by atoms with Crippen LogP contribution >= 0.6 is 0 Å². The normalized spacial score (nSPS) is 34.1. The topological polar surface area (TPSA) is 55.6 Å². The fraction of sp³-hybridized carbons (Fsp3) is 0.933. The second-order valence-electron chi connectivity index (χ2n) is 6.14. The standard InChI is InChI=1S/C15H28N2O2/c1-3-14-10-19-8-7-17(14)15(18)11(2)12-5-4-6-13(16)9-12/h11-14H,3-10,16H2,1-2H3. The van der Waals surface area contributed by atoms with E-state index in [1.807, 2.05) is 4.90 Å². The molecule has 0 radical (unpaired) electrons. The first kappa shape index (κ1) is 14.8. The molecular formula is C15H28N2O2. The van der Waals surface area contributed by atoms with Crippen LogP contribution in [0.4, 0.5) is 0 Å². The van der Waals surface area contributed by atoms with Gasteiger partial charge in [-0.05, 0) is 31.6 Å². The molecule has 1 aliphatic heterocycles. The Balaban J connectivity index is 1.97. The second kappa shape index (κ2) is 6.71. The number of hydrogen-bond donors (Lipinski definition) is 1. The average Bonchev–Trinajstić information content (AvgIpc) is 2.45. The maximum Gasteiger partial charge on any atom is 0.226 e. The van der Waals surface area contributed by atoms with Crippen LogP contribution < -0.4 is 5.73 Å². The molecule has 2 rings (SSSR count). The highest BCUT2D eigenvalue weighted by Gasteiger charge is 2.34. The zero-order chi connectivity index (χ0) is 13.8. The summed E-state index contributed by atoms with van der Waals surface area (Å²) in [5.74, 6) is 0.893. The molecule has 2 N–H and O–H groups in total. The van der Waals surface area contributed by atoms with E-state index in [0.29, 0.717) is 31.1 Å². The van der Waals surface area contributed by atoms with Crippen LogP contribution in [-0.4, -0.2) is 42.6 Å². The van der Waals surface area contributed by atoms with Crippen molar-refractivity contribution in [1.82, 2.24) is 4.90 Å². The van der Waals surface area contributed by atoms with Gasteiger partial charge in [-0.15, -0.1) is 0 Å². The lowest BCUT2D eigenvalue weighted by Gasteiger charge is -2.39. The first-order chi connectivity index (χ1) is 9.13. The molecule has 1 heterocycles. The van der Waals surface area contributed by atoms with E-state index in [2.05, 4.69) is 13.8 Å². The van der Waals surface area contributed by atoms with E-state index in [4.69, 9.17) is 10.5 Å². The summed E-state index contributed by atoms with van der Waals surface area (Å²) in [7, 11) is 0. The number of morpholine rings is 1. The van der Waals surface area contributed by atoms with Gasteiger partial charge in [0.25, 0.3) is 0 Å². The number of hydrogen-bond acceptors (Lipinski definition) is 3. The van der Waals surface area contributed by atoms with E-state index in [0.717, 1.165) is 32.2 Å². The fourth-order valence-corrected chi connectivity index (χ4v) is 3.47. The van der Waals surface area contributed by atoms with Crippen LogP contribution in [0.25, 0.3) is 0 Å². The minimum Gasteiger partial charge on any atom is -0.377 e. The summed E-state index contributed by atoms with van der Waals surface area (Å²) in [6.45, 7) is 6.34. The smallest absolute Gasteiger partial charge is 0.226 e. The molecule has 0 aromatic rings. The van der Waals surface area contributed by atoms with E-state index >= 15 is 0 Å². The molecule has 19 heavy (non-hydrogen) atoms. The zero-order valence-electron chi connectivity index (χ0n) is 12.3. The molecule has 4 unspecified atom stereocenters. The van der Waals surface area contributed by atoms with Gasteiger partial charge in [0.2, 0.25) is 5.91 Å². The van der Waals surface area contributed by atoms with Crippen molar-refractivity contribution in [2.24, 2.45) is 17.6 Å². The summed E-state index contributed by atoms with van der Waals surface area (Å²) in [4.78, 5) is 14.8. The largest absolute Gasteiger partial charge is 0.377 e.